The summed E-state index contributed by atoms with van der Waals surface area (Å²) in [6.45, 7) is 9.13. The van der Waals surface area contributed by atoms with Crippen LogP contribution in [-0.2, 0) is 4.74 Å². The average Bonchev–Trinajstić information content (AvgIpc) is 2.89. The Hall–Kier alpha value is -1.17. The third-order valence-electron chi connectivity index (χ3n) is 3.93. The zero-order valence-corrected chi connectivity index (χ0v) is 12.9. The van der Waals surface area contributed by atoms with Gasteiger partial charge in [0.15, 0.2) is 0 Å². The fourth-order valence-corrected chi connectivity index (χ4v) is 3.35. The third kappa shape index (κ3) is 2.80. The Morgan fingerprint density at radius 1 is 1.30 bits per heavy atom. The maximum Gasteiger partial charge on any atom is 0.147 e. The van der Waals surface area contributed by atoms with Crippen molar-refractivity contribution in [1.29, 1.82) is 0 Å². The Morgan fingerprint density at radius 3 is 2.85 bits per heavy atom. The summed E-state index contributed by atoms with van der Waals surface area (Å²) in [5, 5.41) is 4.74. The third-order valence-corrected chi connectivity index (χ3v) is 4.76. The Morgan fingerprint density at radius 2 is 2.05 bits per heavy atom. The maximum absolute atomic E-state index is 5.43. The van der Waals surface area contributed by atoms with E-state index in [9.17, 15) is 0 Å². The van der Waals surface area contributed by atoms with Crippen molar-refractivity contribution < 1.29 is 4.74 Å². The van der Waals surface area contributed by atoms with Crippen LogP contribution in [0.5, 0.6) is 0 Å². The molecule has 4 nitrogen and oxygen atoms in total. The van der Waals surface area contributed by atoms with Gasteiger partial charge in [-0.15, -0.1) is 0 Å². The van der Waals surface area contributed by atoms with E-state index < -0.39 is 0 Å². The molecule has 1 fully saturated rings. The summed E-state index contributed by atoms with van der Waals surface area (Å²) in [5.74, 6) is 1.01. The lowest BCUT2D eigenvalue weighted by atomic mass is 10.0. The minimum Gasteiger partial charge on any atom is -0.379 e. The van der Waals surface area contributed by atoms with Crippen LogP contribution in [0.3, 0.4) is 0 Å². The summed E-state index contributed by atoms with van der Waals surface area (Å²) in [6.07, 6.45) is 0. The SMILES string of the molecule is CC(C)(CNc1nsc2ccccc12)N1CCOCC1. The van der Waals surface area contributed by atoms with Crippen LogP contribution in [-0.4, -0.2) is 47.7 Å². The first-order valence-electron chi connectivity index (χ1n) is 7.08. The molecule has 0 spiro atoms. The smallest absolute Gasteiger partial charge is 0.147 e. The first-order valence-corrected chi connectivity index (χ1v) is 7.85. The lowest BCUT2D eigenvalue weighted by Gasteiger charge is -2.40. The molecule has 3 rings (SSSR count). The minimum absolute atomic E-state index is 0.106. The van der Waals surface area contributed by atoms with Crippen LogP contribution < -0.4 is 5.32 Å². The van der Waals surface area contributed by atoms with Gasteiger partial charge in [0.2, 0.25) is 0 Å². The van der Waals surface area contributed by atoms with Crippen molar-refractivity contribution in [1.82, 2.24) is 9.27 Å². The Balaban J connectivity index is 1.69. The van der Waals surface area contributed by atoms with Gasteiger partial charge in [-0.05, 0) is 37.5 Å². The van der Waals surface area contributed by atoms with Crippen LogP contribution in [0.1, 0.15) is 13.8 Å². The molecule has 0 saturated carbocycles. The van der Waals surface area contributed by atoms with E-state index in [1.54, 1.807) is 11.5 Å². The van der Waals surface area contributed by atoms with E-state index in [4.69, 9.17) is 4.74 Å². The van der Waals surface area contributed by atoms with Crippen molar-refractivity contribution in [3.63, 3.8) is 0 Å². The van der Waals surface area contributed by atoms with Gasteiger partial charge in [0, 0.05) is 30.6 Å². The van der Waals surface area contributed by atoms with Crippen molar-refractivity contribution in [3.8, 4) is 0 Å². The molecule has 0 unspecified atom stereocenters. The fraction of sp³-hybridized carbons (Fsp3) is 0.533. The predicted octanol–water partition coefficient (Wildman–Crippen LogP) is 2.82. The second-order valence-electron chi connectivity index (χ2n) is 5.79. The van der Waals surface area contributed by atoms with Crippen molar-refractivity contribution >= 4 is 27.4 Å². The van der Waals surface area contributed by atoms with Gasteiger partial charge in [-0.1, -0.05) is 12.1 Å². The first kappa shape index (κ1) is 13.8. The number of ether oxygens (including phenoxy) is 1. The largest absolute Gasteiger partial charge is 0.379 e. The summed E-state index contributed by atoms with van der Waals surface area (Å²) >= 11 is 1.55. The fourth-order valence-electron chi connectivity index (χ4n) is 2.59. The van der Waals surface area contributed by atoms with Gasteiger partial charge in [-0.2, -0.15) is 4.37 Å². The van der Waals surface area contributed by atoms with Gasteiger partial charge >= 0.3 is 0 Å². The number of fused-ring (bicyclic) bond motifs is 1. The number of hydrogen-bond donors (Lipinski definition) is 1. The zero-order valence-electron chi connectivity index (χ0n) is 12.1. The molecule has 0 amide bonds. The molecule has 1 saturated heterocycles. The number of nitrogens with one attached hydrogen (secondary N) is 1. The number of hydrogen-bond acceptors (Lipinski definition) is 5. The number of aromatic nitrogens is 1. The van der Waals surface area contributed by atoms with Crippen molar-refractivity contribution in [2.45, 2.75) is 19.4 Å². The topological polar surface area (TPSA) is 37.4 Å². The molecule has 108 valence electrons. The van der Waals surface area contributed by atoms with Gasteiger partial charge in [-0.25, -0.2) is 0 Å². The summed E-state index contributed by atoms with van der Waals surface area (Å²) in [6, 6.07) is 8.37. The summed E-state index contributed by atoms with van der Waals surface area (Å²) < 4.78 is 11.2. The zero-order chi connectivity index (χ0) is 14.0. The normalized spacial score (nSPS) is 17.5. The molecule has 1 N–H and O–H groups in total. The number of anilines is 1. The molecule has 5 heteroatoms. The highest BCUT2D eigenvalue weighted by Gasteiger charge is 2.28. The van der Waals surface area contributed by atoms with Crippen molar-refractivity contribution in [2.75, 3.05) is 38.2 Å². The van der Waals surface area contributed by atoms with E-state index in [1.807, 2.05) is 0 Å². The van der Waals surface area contributed by atoms with E-state index >= 15 is 0 Å². The highest BCUT2D eigenvalue weighted by atomic mass is 32.1. The van der Waals surface area contributed by atoms with Crippen LogP contribution in [0.15, 0.2) is 24.3 Å². The number of nitrogens with zero attached hydrogens (tertiary/aromatic N) is 2. The van der Waals surface area contributed by atoms with Crippen LogP contribution >= 0.6 is 11.5 Å². The van der Waals surface area contributed by atoms with E-state index in [-0.39, 0.29) is 5.54 Å². The molecule has 0 bridgehead atoms. The lowest BCUT2D eigenvalue weighted by molar-refractivity contribution is -0.00569. The standard InChI is InChI=1S/C15H21N3OS/c1-15(2,18-7-9-19-10-8-18)11-16-14-12-5-3-4-6-13(12)20-17-14/h3-6H,7-11H2,1-2H3,(H,16,17). The predicted molar refractivity (Wildman–Crippen MR) is 84.6 cm³/mol. The second-order valence-corrected chi connectivity index (χ2v) is 6.60. The molecule has 0 aliphatic carbocycles. The molecule has 1 aliphatic heterocycles. The summed E-state index contributed by atoms with van der Waals surface area (Å²) in [7, 11) is 0. The van der Waals surface area contributed by atoms with E-state index in [0.29, 0.717) is 0 Å². The van der Waals surface area contributed by atoms with Gasteiger partial charge in [-0.3, -0.25) is 4.90 Å². The maximum atomic E-state index is 5.43. The van der Waals surface area contributed by atoms with Gasteiger partial charge in [0.1, 0.15) is 5.82 Å². The average molecular weight is 291 g/mol. The highest BCUT2D eigenvalue weighted by Crippen LogP contribution is 2.27. The quantitative estimate of drug-likeness (QED) is 0.940. The monoisotopic (exact) mass is 291 g/mol. The number of morpholine rings is 1. The summed E-state index contributed by atoms with van der Waals surface area (Å²) in [4.78, 5) is 2.48. The minimum atomic E-state index is 0.106. The highest BCUT2D eigenvalue weighted by molar-refractivity contribution is 7.13. The first-order chi connectivity index (χ1) is 9.67. The molecule has 0 radical (unpaired) electrons. The lowest BCUT2D eigenvalue weighted by Crippen LogP contribution is -2.53. The summed E-state index contributed by atoms with van der Waals surface area (Å²) in [5.41, 5.74) is 0.106. The molecule has 2 heterocycles. The van der Waals surface area contributed by atoms with Crippen LogP contribution in [0, 0.1) is 0 Å². The number of benzene rings is 1. The van der Waals surface area contributed by atoms with Gasteiger partial charge in [0.25, 0.3) is 0 Å². The van der Waals surface area contributed by atoms with Crippen LogP contribution in [0.4, 0.5) is 5.82 Å². The molecule has 2 aromatic rings. The van der Waals surface area contributed by atoms with Crippen LogP contribution in [0.25, 0.3) is 10.1 Å². The van der Waals surface area contributed by atoms with Crippen molar-refractivity contribution in [3.05, 3.63) is 24.3 Å². The Kier molecular flexibility index (Phi) is 3.92. The number of rotatable bonds is 4. The van der Waals surface area contributed by atoms with Crippen LogP contribution in [0.2, 0.25) is 0 Å². The second kappa shape index (κ2) is 5.68. The molecule has 0 atom stereocenters. The van der Waals surface area contributed by atoms with E-state index in [0.717, 1.165) is 38.7 Å². The molecule has 1 aliphatic rings. The molecular weight excluding hydrogens is 270 g/mol. The van der Waals surface area contributed by atoms with E-state index in [1.165, 1.54) is 10.1 Å². The van der Waals surface area contributed by atoms with Gasteiger partial charge in [0.05, 0.1) is 17.9 Å². The van der Waals surface area contributed by atoms with E-state index in [2.05, 4.69) is 52.7 Å². The molecule has 1 aromatic heterocycles. The van der Waals surface area contributed by atoms with Crippen molar-refractivity contribution in [2.24, 2.45) is 0 Å². The Labute approximate surface area is 123 Å². The molecule has 20 heavy (non-hydrogen) atoms. The molecular formula is C15H21N3OS. The molecule has 1 aromatic carbocycles. The van der Waals surface area contributed by atoms with Gasteiger partial charge < -0.3 is 10.1 Å². The Bertz CT molecular complexity index is 575.